The third-order valence-electron chi connectivity index (χ3n) is 6.66. The molecule has 39 heavy (non-hydrogen) atoms. The van der Waals surface area contributed by atoms with E-state index in [1.165, 1.54) is 17.2 Å². The Morgan fingerprint density at radius 1 is 1.26 bits per heavy atom. The van der Waals surface area contributed by atoms with E-state index in [0.717, 1.165) is 18.4 Å². The van der Waals surface area contributed by atoms with E-state index < -0.39 is 18.6 Å². The zero-order valence-electron chi connectivity index (χ0n) is 20.9. The number of nitrogens with one attached hydrogen (secondary N) is 2. The second-order valence-corrected chi connectivity index (χ2v) is 9.72. The Hall–Kier alpha value is -4.11. The summed E-state index contributed by atoms with van der Waals surface area (Å²) in [5.41, 5.74) is 2.96. The summed E-state index contributed by atoms with van der Waals surface area (Å²) in [5.74, 6) is -0.292. The number of hydrogen-bond donors (Lipinski definition) is 3. The molecule has 4 heterocycles. The molecular weight excluding hydrogens is 522 g/mol. The maximum Gasteiger partial charge on any atom is 0.254 e. The molecule has 2 aromatic heterocycles. The number of aromatic nitrogens is 3. The van der Waals surface area contributed by atoms with Gasteiger partial charge in [-0.3, -0.25) is 9.59 Å². The summed E-state index contributed by atoms with van der Waals surface area (Å²) in [6, 6.07) is 11.5. The molecule has 1 unspecified atom stereocenters. The lowest BCUT2D eigenvalue weighted by atomic mass is 10.0. The maximum atomic E-state index is 13.2. The number of anilines is 1. The zero-order valence-corrected chi connectivity index (χ0v) is 21.7. The second-order valence-electron chi connectivity index (χ2n) is 9.32. The number of carbonyl (C=O) groups is 2. The fourth-order valence-electron chi connectivity index (χ4n) is 4.63. The summed E-state index contributed by atoms with van der Waals surface area (Å²) in [7, 11) is 0. The van der Waals surface area contributed by atoms with Crippen molar-refractivity contribution in [1.29, 1.82) is 5.26 Å². The first kappa shape index (κ1) is 26.5. The van der Waals surface area contributed by atoms with Gasteiger partial charge in [0.15, 0.2) is 0 Å². The molecule has 1 atom stereocenters. The third-order valence-corrected chi connectivity index (χ3v) is 6.93. The number of hydrogen-bond acceptors (Lipinski definition) is 9. The number of rotatable bonds is 8. The summed E-state index contributed by atoms with van der Waals surface area (Å²) < 4.78 is 5.40. The van der Waals surface area contributed by atoms with Crippen LogP contribution in [0.2, 0.25) is 5.02 Å². The van der Waals surface area contributed by atoms with Crippen molar-refractivity contribution in [1.82, 2.24) is 25.2 Å². The summed E-state index contributed by atoms with van der Waals surface area (Å²) in [5, 5.41) is 25.2. The van der Waals surface area contributed by atoms with Crippen LogP contribution in [0.4, 0.5) is 5.95 Å². The monoisotopic (exact) mass is 547 g/mol. The Bertz CT molecular complexity index is 1440. The highest BCUT2D eigenvalue weighted by Gasteiger charge is 2.30. The normalized spacial score (nSPS) is 15.9. The molecule has 2 aliphatic rings. The van der Waals surface area contributed by atoms with Gasteiger partial charge in [-0.1, -0.05) is 29.8 Å². The SMILES string of the molecule is N#Cc1cccc(C(CO)NC(=O)CN2Cc3ccc(-c4nc(NC5CCOCC5)ncc4Cl)cc3C2=O)n1. The van der Waals surface area contributed by atoms with Gasteiger partial charge in [0.2, 0.25) is 11.9 Å². The minimum Gasteiger partial charge on any atom is -0.394 e. The molecule has 1 saturated heterocycles. The summed E-state index contributed by atoms with van der Waals surface area (Å²) in [6.45, 7) is 1.03. The molecule has 0 bridgehead atoms. The van der Waals surface area contributed by atoms with Crippen LogP contribution in [0, 0.1) is 11.3 Å². The molecule has 0 saturated carbocycles. The quantitative estimate of drug-likeness (QED) is 0.386. The molecule has 200 valence electrons. The summed E-state index contributed by atoms with van der Waals surface area (Å²) in [6.07, 6.45) is 3.26. The number of pyridine rings is 1. The van der Waals surface area contributed by atoms with E-state index in [1.54, 1.807) is 18.2 Å². The predicted molar refractivity (Wildman–Crippen MR) is 142 cm³/mol. The number of aliphatic hydroxyl groups excluding tert-OH is 1. The second kappa shape index (κ2) is 11.7. The number of carbonyl (C=O) groups excluding carboxylic acids is 2. The van der Waals surface area contributed by atoms with Crippen LogP contribution < -0.4 is 10.6 Å². The van der Waals surface area contributed by atoms with E-state index in [9.17, 15) is 14.7 Å². The minimum absolute atomic E-state index is 0.177. The van der Waals surface area contributed by atoms with E-state index >= 15 is 0 Å². The van der Waals surface area contributed by atoms with Crippen molar-refractivity contribution < 1.29 is 19.4 Å². The van der Waals surface area contributed by atoms with Crippen molar-refractivity contribution in [3.8, 4) is 17.3 Å². The Morgan fingerprint density at radius 3 is 2.85 bits per heavy atom. The van der Waals surface area contributed by atoms with E-state index in [0.29, 0.717) is 46.7 Å². The molecule has 1 aromatic carbocycles. The number of nitrogens with zero attached hydrogens (tertiary/aromatic N) is 5. The standard InChI is InChI=1S/C27H26ClN7O4/c28-21-12-30-27(32-18-6-8-39-9-7-18)34-25(21)16-4-5-17-13-35(26(38)20(17)10-16)14-24(37)33-23(15-36)22-3-1-2-19(11-29)31-22/h1-5,10,12,18,23,36H,6-9,13-15H2,(H,33,37)(H,30,32,34). The fraction of sp³-hybridized carbons (Fsp3) is 0.333. The molecule has 0 spiro atoms. The zero-order chi connectivity index (χ0) is 27.4. The Balaban J connectivity index is 1.27. The fourth-order valence-corrected chi connectivity index (χ4v) is 4.83. The van der Waals surface area contributed by atoms with Gasteiger partial charge < -0.3 is 25.4 Å². The number of benzene rings is 1. The lowest BCUT2D eigenvalue weighted by Crippen LogP contribution is -2.40. The van der Waals surface area contributed by atoms with Gasteiger partial charge in [-0.15, -0.1) is 0 Å². The molecule has 5 rings (SSSR count). The Labute approximate surface area is 229 Å². The van der Waals surface area contributed by atoms with Gasteiger partial charge >= 0.3 is 0 Å². The molecule has 3 N–H and O–H groups in total. The van der Waals surface area contributed by atoms with Crippen molar-refractivity contribution in [3.63, 3.8) is 0 Å². The van der Waals surface area contributed by atoms with Crippen molar-refractivity contribution in [2.45, 2.75) is 31.5 Å². The van der Waals surface area contributed by atoms with E-state index in [-0.39, 0.29) is 30.7 Å². The van der Waals surface area contributed by atoms with Crippen molar-refractivity contribution >= 4 is 29.4 Å². The molecule has 3 aromatic rings. The molecule has 2 aliphatic heterocycles. The third kappa shape index (κ3) is 5.98. The molecule has 11 nitrogen and oxygen atoms in total. The van der Waals surface area contributed by atoms with Crippen LogP contribution in [0.1, 0.15) is 46.2 Å². The molecular formula is C27H26ClN7O4. The van der Waals surface area contributed by atoms with Gasteiger partial charge in [0.1, 0.15) is 18.3 Å². The largest absolute Gasteiger partial charge is 0.394 e. The number of fused-ring (bicyclic) bond motifs is 1. The van der Waals surface area contributed by atoms with Crippen LogP contribution in [-0.2, 0) is 16.1 Å². The Kier molecular flexibility index (Phi) is 7.97. The Morgan fingerprint density at radius 2 is 2.08 bits per heavy atom. The highest BCUT2D eigenvalue weighted by atomic mass is 35.5. The smallest absolute Gasteiger partial charge is 0.254 e. The average molecular weight is 548 g/mol. The van der Waals surface area contributed by atoms with Crippen LogP contribution in [-0.4, -0.2) is 69.2 Å². The number of halogens is 1. The number of amides is 2. The number of nitriles is 1. The topological polar surface area (TPSA) is 153 Å². The first-order valence-electron chi connectivity index (χ1n) is 12.5. The number of aliphatic hydroxyl groups is 1. The van der Waals surface area contributed by atoms with Crippen LogP contribution in [0.15, 0.2) is 42.6 Å². The van der Waals surface area contributed by atoms with Gasteiger partial charge in [-0.05, 0) is 36.6 Å². The predicted octanol–water partition coefficient (Wildman–Crippen LogP) is 2.46. The van der Waals surface area contributed by atoms with Crippen LogP contribution in [0.25, 0.3) is 11.3 Å². The van der Waals surface area contributed by atoms with Crippen molar-refractivity contribution in [2.75, 3.05) is 31.7 Å². The minimum atomic E-state index is -0.804. The molecule has 0 aliphatic carbocycles. The van der Waals surface area contributed by atoms with Gasteiger partial charge in [0.25, 0.3) is 5.91 Å². The van der Waals surface area contributed by atoms with Gasteiger partial charge in [-0.2, -0.15) is 5.26 Å². The van der Waals surface area contributed by atoms with Crippen LogP contribution in [0.3, 0.4) is 0 Å². The maximum absolute atomic E-state index is 13.2. The van der Waals surface area contributed by atoms with E-state index in [2.05, 4.69) is 25.6 Å². The van der Waals surface area contributed by atoms with Crippen molar-refractivity contribution in [3.05, 3.63) is 70.1 Å². The summed E-state index contributed by atoms with van der Waals surface area (Å²) in [4.78, 5) is 40.4. The molecule has 1 fully saturated rings. The van der Waals surface area contributed by atoms with Gasteiger partial charge in [0.05, 0.1) is 35.3 Å². The highest BCUT2D eigenvalue weighted by Crippen LogP contribution is 2.31. The van der Waals surface area contributed by atoms with Gasteiger partial charge in [0, 0.05) is 36.9 Å². The average Bonchev–Trinajstić information content (AvgIpc) is 3.27. The first-order chi connectivity index (χ1) is 18.9. The number of ether oxygens (including phenoxy) is 1. The van der Waals surface area contributed by atoms with E-state index in [1.807, 2.05) is 18.2 Å². The molecule has 12 heteroatoms. The molecule has 2 amide bonds. The molecule has 0 radical (unpaired) electrons. The first-order valence-corrected chi connectivity index (χ1v) is 12.9. The van der Waals surface area contributed by atoms with Crippen molar-refractivity contribution in [2.24, 2.45) is 0 Å². The van der Waals surface area contributed by atoms with Crippen LogP contribution >= 0.6 is 11.6 Å². The highest BCUT2D eigenvalue weighted by molar-refractivity contribution is 6.33. The van der Waals surface area contributed by atoms with E-state index in [4.69, 9.17) is 21.6 Å². The van der Waals surface area contributed by atoms with Crippen LogP contribution in [0.5, 0.6) is 0 Å². The lowest BCUT2D eigenvalue weighted by molar-refractivity contribution is -0.122. The lowest BCUT2D eigenvalue weighted by Gasteiger charge is -2.23. The van der Waals surface area contributed by atoms with Gasteiger partial charge in [-0.25, -0.2) is 15.0 Å². The summed E-state index contributed by atoms with van der Waals surface area (Å²) >= 11 is 6.43.